The highest BCUT2D eigenvalue weighted by molar-refractivity contribution is 5.30. The van der Waals surface area contributed by atoms with E-state index in [1.807, 2.05) is 0 Å². The molecule has 0 unspecified atom stereocenters. The summed E-state index contributed by atoms with van der Waals surface area (Å²) in [4.78, 5) is 0. The van der Waals surface area contributed by atoms with E-state index in [2.05, 4.69) is 0 Å². The largest absolute Gasteiger partial charge is 0.192 e. The van der Waals surface area contributed by atoms with E-state index in [0.29, 0.717) is 0 Å². The summed E-state index contributed by atoms with van der Waals surface area (Å²) in [6.45, 7) is -2.73. The molecule has 0 aliphatic heterocycles. The van der Waals surface area contributed by atoms with Gasteiger partial charge in [-0.1, -0.05) is 17.6 Å². The summed E-state index contributed by atoms with van der Waals surface area (Å²) in [7, 11) is 0. The quantitative estimate of drug-likeness (QED) is 0.518. The first-order valence-corrected chi connectivity index (χ1v) is 2.22. The first kappa shape index (κ1) is 1.60. The number of benzene rings is 1. The van der Waals surface area contributed by atoms with Crippen LogP contribution >= 0.6 is 0 Å². The molecule has 0 saturated heterocycles. The molecule has 0 aliphatic carbocycles. The Bertz CT molecular complexity index is 454. The lowest BCUT2D eigenvalue weighted by molar-refractivity contribution is 1.43. The van der Waals surface area contributed by atoms with Gasteiger partial charge in [0.05, 0.1) is 17.1 Å². The van der Waals surface area contributed by atoms with Gasteiger partial charge >= 0.3 is 0 Å². The van der Waals surface area contributed by atoms with Crippen LogP contribution in [-0.4, -0.2) is 0 Å². The van der Waals surface area contributed by atoms with E-state index in [-0.39, 0.29) is 0 Å². The Hall–Kier alpha value is -1.29. The summed E-state index contributed by atoms with van der Waals surface area (Å²) in [6.07, 6.45) is 0. The van der Waals surface area contributed by atoms with E-state index >= 15 is 0 Å². The predicted octanol–water partition coefficient (Wildman–Crippen LogP) is 1.87. The molecule has 0 atom stereocenters. The van der Waals surface area contributed by atoms with Crippen molar-refractivity contribution in [2.45, 2.75) is 6.85 Å². The fraction of sp³-hybridized carbons (Fsp3) is 0.125. The Morgan fingerprint density at radius 3 is 2.67 bits per heavy atom. The molecule has 1 rings (SSSR count). The zero-order chi connectivity index (χ0) is 12.7. The number of hydrogen-bond donors (Lipinski definition) is 0. The fourth-order valence-corrected chi connectivity index (χ4v) is 0.368. The predicted molar refractivity (Wildman–Crippen MR) is 35.9 cm³/mol. The van der Waals surface area contributed by atoms with Crippen molar-refractivity contribution in [3.63, 3.8) is 0 Å². The van der Waals surface area contributed by atoms with Crippen LogP contribution in [0.3, 0.4) is 0 Å². The van der Waals surface area contributed by atoms with Crippen LogP contribution in [0.5, 0.6) is 0 Å². The minimum atomic E-state index is -2.73. The van der Waals surface area contributed by atoms with Gasteiger partial charge in [-0.3, -0.25) is 0 Å². The first-order valence-electron chi connectivity index (χ1n) is 5.72. The highest BCUT2D eigenvalue weighted by Crippen LogP contribution is 1.99. The third-order valence-electron chi connectivity index (χ3n) is 0.737. The summed E-state index contributed by atoms with van der Waals surface area (Å²) < 4.78 is 51.0. The molecule has 0 saturated carbocycles. The van der Waals surface area contributed by atoms with Crippen molar-refractivity contribution < 1.29 is 9.60 Å². The van der Waals surface area contributed by atoms with Crippen molar-refractivity contribution in [3.8, 4) is 6.07 Å². The third kappa shape index (κ3) is 1.30. The Kier molecular flexibility index (Phi) is 0.414. The minimum Gasteiger partial charge on any atom is -0.192 e. The third-order valence-corrected chi connectivity index (χ3v) is 0.737. The summed E-state index contributed by atoms with van der Waals surface area (Å²) in [6, 6.07) is -1.07. The second-order valence-electron chi connectivity index (χ2n) is 1.36. The average molecular weight is 124 g/mol. The van der Waals surface area contributed by atoms with E-state index in [9.17, 15) is 0 Å². The highest BCUT2D eigenvalue weighted by atomic mass is 14.2. The molecule has 0 heterocycles. The van der Waals surface area contributed by atoms with E-state index in [4.69, 9.17) is 14.9 Å². The number of hydrogen-bond acceptors (Lipinski definition) is 1. The van der Waals surface area contributed by atoms with Crippen LogP contribution in [0.4, 0.5) is 0 Å². The Morgan fingerprint density at radius 1 is 1.56 bits per heavy atom. The Balaban J connectivity index is 3.76. The van der Waals surface area contributed by atoms with Crippen LogP contribution in [0.1, 0.15) is 20.7 Å². The van der Waals surface area contributed by atoms with Crippen LogP contribution in [0.2, 0.25) is 0 Å². The summed E-state index contributed by atoms with van der Waals surface area (Å²) in [5.74, 6) is 0. The second kappa shape index (κ2) is 2.32. The highest BCUT2D eigenvalue weighted by Gasteiger charge is 1.84. The lowest BCUT2D eigenvalue weighted by Gasteiger charge is -1.88. The molecule has 1 aromatic rings. The molecule has 0 spiro atoms. The second-order valence-corrected chi connectivity index (χ2v) is 1.36. The first-order chi connectivity index (χ1) is 7.21. The maximum absolute atomic E-state index is 8.64. The molecule has 0 aliphatic rings. The van der Waals surface area contributed by atoms with Crippen molar-refractivity contribution in [2.75, 3.05) is 0 Å². The van der Waals surface area contributed by atoms with Crippen molar-refractivity contribution >= 4 is 0 Å². The van der Waals surface area contributed by atoms with Gasteiger partial charge in [0, 0.05) is 4.11 Å². The van der Waals surface area contributed by atoms with Crippen LogP contribution < -0.4 is 0 Å². The van der Waals surface area contributed by atoms with Crippen molar-refractivity contribution in [1.29, 1.82) is 5.26 Å². The molecule has 1 heteroatoms. The average Bonchev–Trinajstić information content (AvgIpc) is 2.14. The standard InChI is InChI=1S/C8H7N/c1-7-2-4-8(6-9)5-3-7/h2-5H,1H3/i1D3,2D,3D,4D,5D. The maximum Gasteiger partial charge on any atom is 0.0991 e. The molecule has 1 aromatic carbocycles. The van der Waals surface area contributed by atoms with Gasteiger partial charge in [0.15, 0.2) is 0 Å². The van der Waals surface area contributed by atoms with E-state index < -0.39 is 42.1 Å². The fourth-order valence-electron chi connectivity index (χ4n) is 0.368. The molecule has 1 nitrogen and oxygen atoms in total. The van der Waals surface area contributed by atoms with Crippen LogP contribution in [0.15, 0.2) is 24.2 Å². The van der Waals surface area contributed by atoms with E-state index in [1.54, 1.807) is 0 Å². The number of nitriles is 1. The molecule has 0 bridgehead atoms. The zero-order valence-electron chi connectivity index (χ0n) is 11.4. The van der Waals surface area contributed by atoms with Crippen molar-refractivity contribution in [2.24, 2.45) is 0 Å². The monoisotopic (exact) mass is 124 g/mol. The van der Waals surface area contributed by atoms with Gasteiger partial charge in [-0.05, 0) is 18.9 Å². The number of rotatable bonds is 0. The minimum absolute atomic E-state index is 0.442. The van der Waals surface area contributed by atoms with Gasteiger partial charge in [-0.15, -0.1) is 0 Å². The van der Waals surface area contributed by atoms with Crippen LogP contribution in [0, 0.1) is 18.2 Å². The maximum atomic E-state index is 8.64. The molecule has 0 fully saturated rings. The van der Waals surface area contributed by atoms with Gasteiger partial charge in [0.2, 0.25) is 0 Å². The smallest absolute Gasteiger partial charge is 0.0991 e. The lowest BCUT2D eigenvalue weighted by atomic mass is 10.2. The molecule has 0 N–H and O–H groups in total. The summed E-state index contributed by atoms with van der Waals surface area (Å²) in [5, 5.41) is 8.64. The van der Waals surface area contributed by atoms with E-state index in [1.165, 1.54) is 6.07 Å². The molecule has 0 amide bonds. The molecule has 44 valence electrons. The molecule has 9 heavy (non-hydrogen) atoms. The molecule has 0 aromatic heterocycles. The molecular weight excluding hydrogens is 110 g/mol. The molecule has 0 radical (unpaired) electrons. The van der Waals surface area contributed by atoms with Gasteiger partial charge in [0.1, 0.15) is 0 Å². The Morgan fingerprint density at radius 2 is 2.22 bits per heavy atom. The molecular formula is C8H7N. The summed E-state index contributed by atoms with van der Waals surface area (Å²) in [5.41, 5.74) is -1.09. The summed E-state index contributed by atoms with van der Waals surface area (Å²) >= 11 is 0. The van der Waals surface area contributed by atoms with Gasteiger partial charge in [-0.2, -0.15) is 5.26 Å². The van der Waals surface area contributed by atoms with Crippen molar-refractivity contribution in [1.82, 2.24) is 0 Å². The lowest BCUT2D eigenvalue weighted by Crippen LogP contribution is -1.72. The zero-order valence-corrected chi connectivity index (χ0v) is 4.45. The van der Waals surface area contributed by atoms with E-state index in [0.717, 1.165) is 0 Å². The topological polar surface area (TPSA) is 23.8 Å². The van der Waals surface area contributed by atoms with Crippen LogP contribution in [0.25, 0.3) is 0 Å². The number of nitrogens with zero attached hydrogens (tertiary/aromatic N) is 1. The van der Waals surface area contributed by atoms with Gasteiger partial charge < -0.3 is 0 Å². The van der Waals surface area contributed by atoms with Crippen molar-refractivity contribution in [3.05, 3.63) is 35.3 Å². The SMILES string of the molecule is [2H]c1c([2H])c(C([2H])([2H])[2H])c([2H])c([2H])c1C#N. The van der Waals surface area contributed by atoms with Crippen LogP contribution in [-0.2, 0) is 0 Å². The van der Waals surface area contributed by atoms with Gasteiger partial charge in [-0.25, -0.2) is 0 Å². The Labute approximate surface area is 64.4 Å². The van der Waals surface area contributed by atoms with Gasteiger partial charge in [0.25, 0.3) is 0 Å². The normalized spacial score (nSPS) is 21.0.